The molecule has 0 amide bonds. The maximum Gasteiger partial charge on any atom is 0.340 e. The van der Waals surface area contributed by atoms with E-state index < -0.39 is 5.97 Å². The van der Waals surface area contributed by atoms with Crippen LogP contribution in [-0.4, -0.2) is 21.4 Å². The smallest absolute Gasteiger partial charge is 0.340 e. The fraction of sp³-hybridized carbons (Fsp3) is 0.333. The number of rotatable bonds is 2. The summed E-state index contributed by atoms with van der Waals surface area (Å²) in [6.45, 7) is 5.38. The van der Waals surface area contributed by atoms with E-state index in [9.17, 15) is 4.79 Å². The van der Waals surface area contributed by atoms with Gasteiger partial charge in [-0.1, -0.05) is 10.7 Å². The topological polar surface area (TPSA) is 65.0 Å². The van der Waals surface area contributed by atoms with Crippen molar-refractivity contribution in [2.75, 3.05) is 0 Å². The summed E-state index contributed by atoms with van der Waals surface area (Å²) in [4.78, 5) is 11.4. The van der Waals surface area contributed by atoms with E-state index in [0.717, 1.165) is 5.57 Å². The molecule has 0 bridgehead atoms. The molecule has 1 rings (SSSR count). The lowest BCUT2D eigenvalue weighted by Gasteiger charge is -2.02. The molecule has 0 N–H and O–H groups in total. The number of hydrogen-bond acceptors (Lipinski definition) is 5. The summed E-state index contributed by atoms with van der Waals surface area (Å²) in [5.41, 5.74) is 1.49. The molecule has 0 aliphatic heterocycles. The highest BCUT2D eigenvalue weighted by molar-refractivity contribution is 5.89. The molecule has 5 heteroatoms. The number of carbonyl (C=O) groups excluding carboxylic acids is 1. The largest absolute Gasteiger partial charge is 0.402 e. The van der Waals surface area contributed by atoms with Crippen LogP contribution in [0.2, 0.25) is 0 Å². The fourth-order valence-electron chi connectivity index (χ4n) is 0.660. The Bertz CT molecular complexity index is 356. The van der Waals surface area contributed by atoms with Gasteiger partial charge < -0.3 is 4.74 Å². The van der Waals surface area contributed by atoms with Crippen LogP contribution in [-0.2, 0) is 4.79 Å². The average Bonchev–Trinajstić information content (AvgIpc) is 2.18. The first kappa shape index (κ1) is 10.3. The molecule has 1 aromatic heterocycles. The second-order valence-corrected chi connectivity index (χ2v) is 2.97. The van der Waals surface area contributed by atoms with Gasteiger partial charge in [-0.05, 0) is 26.0 Å². The van der Waals surface area contributed by atoms with E-state index in [2.05, 4.69) is 15.4 Å². The highest BCUT2D eigenvalue weighted by Crippen LogP contribution is 2.07. The van der Waals surface area contributed by atoms with Gasteiger partial charge in [-0.3, -0.25) is 0 Å². The third-order valence-electron chi connectivity index (χ3n) is 1.73. The first-order valence-electron chi connectivity index (χ1n) is 4.12. The molecule has 5 nitrogen and oxygen atoms in total. The first-order valence-corrected chi connectivity index (χ1v) is 4.12. The van der Waals surface area contributed by atoms with Crippen molar-refractivity contribution < 1.29 is 9.53 Å². The molecule has 0 aromatic carbocycles. The Morgan fingerprint density at radius 3 is 2.57 bits per heavy atom. The van der Waals surface area contributed by atoms with Crippen molar-refractivity contribution in [1.29, 1.82) is 0 Å². The molecule has 14 heavy (non-hydrogen) atoms. The van der Waals surface area contributed by atoms with Crippen molar-refractivity contribution in [3.63, 3.8) is 0 Å². The zero-order valence-electron chi connectivity index (χ0n) is 8.31. The van der Waals surface area contributed by atoms with Crippen molar-refractivity contribution in [1.82, 2.24) is 15.4 Å². The van der Waals surface area contributed by atoms with E-state index in [1.54, 1.807) is 6.92 Å². The molecular formula is C9H11N3O2. The summed E-state index contributed by atoms with van der Waals surface area (Å²) >= 11 is 0. The lowest BCUT2D eigenvalue weighted by Crippen LogP contribution is -2.11. The zero-order valence-corrected chi connectivity index (χ0v) is 8.31. The third kappa shape index (κ3) is 2.62. The van der Waals surface area contributed by atoms with Gasteiger partial charge in [0.15, 0.2) is 0 Å². The molecule has 0 aliphatic rings. The van der Waals surface area contributed by atoms with Crippen molar-refractivity contribution in [3.8, 4) is 5.88 Å². The minimum atomic E-state index is -0.412. The molecule has 1 aromatic rings. The molecule has 0 radical (unpaired) electrons. The molecular weight excluding hydrogens is 182 g/mol. The highest BCUT2D eigenvalue weighted by atomic mass is 16.5. The zero-order chi connectivity index (χ0) is 10.6. The number of ether oxygens (including phenoxy) is 1. The number of hydrogen-bond donors (Lipinski definition) is 0. The van der Waals surface area contributed by atoms with E-state index in [-0.39, 0.29) is 5.88 Å². The van der Waals surface area contributed by atoms with Gasteiger partial charge in [0.05, 0.1) is 6.20 Å². The number of aromatic nitrogens is 3. The van der Waals surface area contributed by atoms with Crippen molar-refractivity contribution in [2.24, 2.45) is 0 Å². The molecule has 1 heterocycles. The molecule has 0 saturated heterocycles. The molecule has 0 atom stereocenters. The summed E-state index contributed by atoms with van der Waals surface area (Å²) in [5, 5.41) is 10.4. The van der Waals surface area contributed by atoms with E-state index in [1.807, 2.05) is 13.8 Å². The Labute approximate surface area is 81.8 Å². The Kier molecular flexibility index (Phi) is 3.28. The quantitative estimate of drug-likeness (QED) is 0.520. The monoisotopic (exact) mass is 193 g/mol. The highest BCUT2D eigenvalue weighted by Gasteiger charge is 2.09. The lowest BCUT2D eigenvalue weighted by molar-refractivity contribution is -0.130. The Hall–Kier alpha value is -1.78. The minimum absolute atomic E-state index is 0.158. The van der Waals surface area contributed by atoms with Crippen molar-refractivity contribution in [2.45, 2.75) is 20.8 Å². The Morgan fingerprint density at radius 1 is 1.36 bits per heavy atom. The van der Waals surface area contributed by atoms with Gasteiger partial charge in [-0.25, -0.2) is 4.79 Å². The van der Waals surface area contributed by atoms with Crippen LogP contribution in [0.3, 0.4) is 0 Å². The SMILES string of the molecule is CC(C)=C(C)C(=O)Oc1ccnnn1. The summed E-state index contributed by atoms with van der Waals surface area (Å²) in [6.07, 6.45) is 1.41. The van der Waals surface area contributed by atoms with E-state index in [4.69, 9.17) is 4.74 Å². The van der Waals surface area contributed by atoms with Crippen LogP contribution in [0.5, 0.6) is 5.88 Å². The molecule has 74 valence electrons. The van der Waals surface area contributed by atoms with Gasteiger partial charge in [-0.15, -0.1) is 5.10 Å². The summed E-state index contributed by atoms with van der Waals surface area (Å²) in [7, 11) is 0. The molecule has 0 aliphatic carbocycles. The summed E-state index contributed by atoms with van der Waals surface area (Å²) < 4.78 is 4.93. The predicted molar refractivity (Wildman–Crippen MR) is 49.5 cm³/mol. The predicted octanol–water partition coefficient (Wildman–Crippen LogP) is 1.13. The van der Waals surface area contributed by atoms with Crippen LogP contribution in [0.15, 0.2) is 23.4 Å². The van der Waals surface area contributed by atoms with Crippen LogP contribution in [0.25, 0.3) is 0 Å². The standard InChI is InChI=1S/C9H11N3O2/c1-6(2)7(3)9(13)14-8-4-5-10-12-11-8/h4-5H,1-3H3. The summed E-state index contributed by atoms with van der Waals surface area (Å²) in [6, 6.07) is 1.48. The Morgan fingerprint density at radius 2 is 2.07 bits per heavy atom. The number of carbonyl (C=O) groups is 1. The van der Waals surface area contributed by atoms with Crippen LogP contribution < -0.4 is 4.74 Å². The summed E-state index contributed by atoms with van der Waals surface area (Å²) in [5.74, 6) is -0.254. The number of nitrogens with zero attached hydrogens (tertiary/aromatic N) is 3. The van der Waals surface area contributed by atoms with Crippen LogP contribution in [0.1, 0.15) is 20.8 Å². The van der Waals surface area contributed by atoms with E-state index in [0.29, 0.717) is 5.57 Å². The van der Waals surface area contributed by atoms with Gasteiger partial charge in [0.25, 0.3) is 0 Å². The molecule has 0 spiro atoms. The van der Waals surface area contributed by atoms with Gasteiger partial charge in [-0.2, -0.15) is 0 Å². The van der Waals surface area contributed by atoms with Crippen molar-refractivity contribution >= 4 is 5.97 Å². The number of allylic oxidation sites excluding steroid dienone is 1. The number of esters is 1. The molecule has 0 fully saturated rings. The van der Waals surface area contributed by atoms with Crippen LogP contribution in [0.4, 0.5) is 0 Å². The molecule has 0 unspecified atom stereocenters. The third-order valence-corrected chi connectivity index (χ3v) is 1.73. The minimum Gasteiger partial charge on any atom is -0.402 e. The lowest BCUT2D eigenvalue weighted by atomic mass is 10.2. The maximum atomic E-state index is 11.4. The molecule has 0 saturated carbocycles. The first-order chi connectivity index (χ1) is 6.61. The Balaban J connectivity index is 2.72. The van der Waals surface area contributed by atoms with Gasteiger partial charge in [0.1, 0.15) is 0 Å². The maximum absolute atomic E-state index is 11.4. The van der Waals surface area contributed by atoms with Crippen LogP contribution in [0, 0.1) is 0 Å². The average molecular weight is 193 g/mol. The van der Waals surface area contributed by atoms with Gasteiger partial charge in [0.2, 0.25) is 5.88 Å². The second-order valence-electron chi connectivity index (χ2n) is 2.97. The van der Waals surface area contributed by atoms with Crippen molar-refractivity contribution in [3.05, 3.63) is 23.4 Å². The van der Waals surface area contributed by atoms with Gasteiger partial charge >= 0.3 is 5.97 Å². The fourth-order valence-corrected chi connectivity index (χ4v) is 0.660. The van der Waals surface area contributed by atoms with Gasteiger partial charge in [0, 0.05) is 11.6 Å². The van der Waals surface area contributed by atoms with E-state index in [1.165, 1.54) is 12.3 Å². The van der Waals surface area contributed by atoms with E-state index >= 15 is 0 Å². The normalized spacial score (nSPS) is 9.36. The van der Waals surface area contributed by atoms with Crippen LogP contribution >= 0.6 is 0 Å². The second kappa shape index (κ2) is 4.45.